The Morgan fingerprint density at radius 3 is 2.50 bits per heavy atom. The van der Waals surface area contributed by atoms with Crippen LogP contribution >= 0.6 is 0 Å². The number of benzene rings is 1. The van der Waals surface area contributed by atoms with E-state index in [9.17, 15) is 4.79 Å². The van der Waals surface area contributed by atoms with Crippen molar-refractivity contribution < 1.29 is 9.53 Å². The molecule has 2 heteroatoms. The predicted octanol–water partition coefficient (Wildman–Crippen LogP) is 4.30. The third-order valence-electron chi connectivity index (χ3n) is 3.25. The zero-order valence-corrected chi connectivity index (χ0v) is 12.3. The minimum absolute atomic E-state index is 0.423. The largest absolute Gasteiger partial charge is 0.489 e. The van der Waals surface area contributed by atoms with Crippen molar-refractivity contribution in [1.82, 2.24) is 0 Å². The maximum atomic E-state index is 11.3. The van der Waals surface area contributed by atoms with E-state index in [2.05, 4.69) is 13.2 Å². The Morgan fingerprint density at radius 1 is 1.25 bits per heavy atom. The molecule has 0 saturated carbocycles. The van der Waals surface area contributed by atoms with Crippen LogP contribution in [-0.2, 0) is 12.8 Å². The standard InChI is InChI=1S/C18H22O2/c1-5-9-14(6-2)13-20-18-11-10-15(7-3)17(12-19)16(18)8-4/h5-6,9-12H,1-2,7-8,13H2,3-4H3/b14-9+. The second kappa shape index (κ2) is 8.16. The molecule has 0 fully saturated rings. The summed E-state index contributed by atoms with van der Waals surface area (Å²) in [5.41, 5.74) is 3.76. The highest BCUT2D eigenvalue weighted by molar-refractivity contribution is 5.81. The van der Waals surface area contributed by atoms with E-state index in [1.807, 2.05) is 32.1 Å². The van der Waals surface area contributed by atoms with Gasteiger partial charge in [0.05, 0.1) is 0 Å². The molecule has 0 bridgehead atoms. The molecule has 0 amide bonds. The summed E-state index contributed by atoms with van der Waals surface area (Å²) in [7, 11) is 0. The Bertz CT molecular complexity index is 524. The number of allylic oxidation sites excluding steroid dienone is 2. The maximum absolute atomic E-state index is 11.3. The number of rotatable bonds is 8. The first-order valence-corrected chi connectivity index (χ1v) is 6.88. The Kier molecular flexibility index (Phi) is 6.51. The molecule has 0 spiro atoms. The van der Waals surface area contributed by atoms with Gasteiger partial charge in [0.1, 0.15) is 12.4 Å². The van der Waals surface area contributed by atoms with E-state index >= 15 is 0 Å². The first-order chi connectivity index (χ1) is 9.71. The van der Waals surface area contributed by atoms with Crippen molar-refractivity contribution in [3.8, 4) is 5.75 Å². The Balaban J connectivity index is 3.07. The highest BCUT2D eigenvalue weighted by atomic mass is 16.5. The van der Waals surface area contributed by atoms with Crippen LogP contribution in [0.5, 0.6) is 5.75 Å². The number of hydrogen-bond acceptors (Lipinski definition) is 2. The Hall–Kier alpha value is -2.09. The molecule has 106 valence electrons. The minimum Gasteiger partial charge on any atom is -0.489 e. The summed E-state index contributed by atoms with van der Waals surface area (Å²) in [6.07, 6.45) is 7.85. The quantitative estimate of drug-likeness (QED) is 0.520. The molecule has 0 saturated heterocycles. The number of aryl methyl sites for hydroxylation is 1. The normalized spacial score (nSPS) is 11.0. The van der Waals surface area contributed by atoms with Crippen LogP contribution in [0.2, 0.25) is 0 Å². The number of carbonyl (C=O) groups excluding carboxylic acids is 1. The zero-order valence-electron chi connectivity index (χ0n) is 12.3. The van der Waals surface area contributed by atoms with Gasteiger partial charge in [-0.2, -0.15) is 0 Å². The van der Waals surface area contributed by atoms with Gasteiger partial charge < -0.3 is 4.74 Å². The second-order valence-corrected chi connectivity index (χ2v) is 4.41. The predicted molar refractivity (Wildman–Crippen MR) is 84.6 cm³/mol. The molecule has 0 radical (unpaired) electrons. The van der Waals surface area contributed by atoms with Gasteiger partial charge in [0.25, 0.3) is 0 Å². The number of ether oxygens (including phenoxy) is 1. The SMILES string of the molecule is C=C/C=C(\C=C)COc1ccc(CC)c(C=O)c1CC. The Morgan fingerprint density at radius 2 is 2.00 bits per heavy atom. The fourth-order valence-electron chi connectivity index (χ4n) is 2.14. The topological polar surface area (TPSA) is 26.3 Å². The van der Waals surface area contributed by atoms with Crippen LogP contribution < -0.4 is 4.74 Å². The molecule has 20 heavy (non-hydrogen) atoms. The van der Waals surface area contributed by atoms with E-state index in [1.54, 1.807) is 12.2 Å². The summed E-state index contributed by atoms with van der Waals surface area (Å²) in [5, 5.41) is 0. The van der Waals surface area contributed by atoms with Crippen molar-refractivity contribution in [2.75, 3.05) is 6.61 Å². The van der Waals surface area contributed by atoms with Crippen LogP contribution in [0.3, 0.4) is 0 Å². The smallest absolute Gasteiger partial charge is 0.150 e. The molecule has 1 aromatic carbocycles. The van der Waals surface area contributed by atoms with Gasteiger partial charge >= 0.3 is 0 Å². The molecular weight excluding hydrogens is 248 g/mol. The fraction of sp³-hybridized carbons (Fsp3) is 0.278. The molecule has 0 aromatic heterocycles. The Labute approximate surface area is 121 Å². The molecule has 2 nitrogen and oxygen atoms in total. The van der Waals surface area contributed by atoms with E-state index in [1.165, 1.54) is 0 Å². The van der Waals surface area contributed by atoms with Gasteiger partial charge in [-0.1, -0.05) is 51.3 Å². The van der Waals surface area contributed by atoms with E-state index in [0.717, 1.165) is 47.1 Å². The zero-order chi connectivity index (χ0) is 15.0. The van der Waals surface area contributed by atoms with Crippen molar-refractivity contribution in [1.29, 1.82) is 0 Å². The minimum atomic E-state index is 0.423. The van der Waals surface area contributed by atoms with Gasteiger partial charge in [-0.3, -0.25) is 4.79 Å². The number of carbonyl (C=O) groups is 1. The third-order valence-corrected chi connectivity index (χ3v) is 3.25. The summed E-state index contributed by atoms with van der Waals surface area (Å²) >= 11 is 0. The van der Waals surface area contributed by atoms with Gasteiger partial charge in [0, 0.05) is 11.1 Å². The summed E-state index contributed by atoms with van der Waals surface area (Å²) in [6, 6.07) is 3.91. The molecule has 0 aliphatic rings. The third kappa shape index (κ3) is 3.70. The van der Waals surface area contributed by atoms with Gasteiger partial charge in [0.15, 0.2) is 6.29 Å². The highest BCUT2D eigenvalue weighted by Crippen LogP contribution is 2.26. The van der Waals surface area contributed by atoms with Crippen LogP contribution in [0.15, 0.2) is 49.1 Å². The van der Waals surface area contributed by atoms with Crippen molar-refractivity contribution in [2.45, 2.75) is 26.7 Å². The van der Waals surface area contributed by atoms with Crippen molar-refractivity contribution in [3.63, 3.8) is 0 Å². The van der Waals surface area contributed by atoms with E-state index in [-0.39, 0.29) is 0 Å². The summed E-state index contributed by atoms with van der Waals surface area (Å²) < 4.78 is 5.83. The molecule has 0 heterocycles. The van der Waals surface area contributed by atoms with Crippen molar-refractivity contribution in [3.05, 3.63) is 65.8 Å². The average Bonchev–Trinajstić information content (AvgIpc) is 2.50. The molecule has 0 aliphatic heterocycles. The molecule has 0 unspecified atom stereocenters. The molecule has 0 aliphatic carbocycles. The van der Waals surface area contributed by atoms with Crippen molar-refractivity contribution >= 4 is 6.29 Å². The van der Waals surface area contributed by atoms with Gasteiger partial charge in [-0.25, -0.2) is 0 Å². The number of aldehydes is 1. The molecule has 1 aromatic rings. The first-order valence-electron chi connectivity index (χ1n) is 6.88. The molecular formula is C18H22O2. The van der Waals surface area contributed by atoms with Gasteiger partial charge in [0.2, 0.25) is 0 Å². The highest BCUT2D eigenvalue weighted by Gasteiger charge is 2.11. The first kappa shape index (κ1) is 16.0. The van der Waals surface area contributed by atoms with E-state index < -0.39 is 0 Å². The average molecular weight is 270 g/mol. The summed E-state index contributed by atoms with van der Waals surface area (Å²) in [5.74, 6) is 0.767. The number of hydrogen-bond donors (Lipinski definition) is 0. The van der Waals surface area contributed by atoms with Crippen LogP contribution in [0.4, 0.5) is 0 Å². The second-order valence-electron chi connectivity index (χ2n) is 4.41. The van der Waals surface area contributed by atoms with Crippen LogP contribution in [-0.4, -0.2) is 12.9 Å². The van der Waals surface area contributed by atoms with E-state index in [4.69, 9.17) is 4.74 Å². The lowest BCUT2D eigenvalue weighted by Crippen LogP contribution is -2.05. The fourth-order valence-corrected chi connectivity index (χ4v) is 2.14. The summed E-state index contributed by atoms with van der Waals surface area (Å²) in [6.45, 7) is 11.9. The van der Waals surface area contributed by atoms with Crippen LogP contribution in [0.1, 0.15) is 35.3 Å². The molecule has 0 atom stereocenters. The summed E-state index contributed by atoms with van der Waals surface area (Å²) in [4.78, 5) is 11.3. The van der Waals surface area contributed by atoms with E-state index in [0.29, 0.717) is 6.61 Å². The van der Waals surface area contributed by atoms with Gasteiger partial charge in [-0.15, -0.1) is 0 Å². The molecule has 1 rings (SSSR count). The monoisotopic (exact) mass is 270 g/mol. The van der Waals surface area contributed by atoms with Crippen LogP contribution in [0, 0.1) is 0 Å². The van der Waals surface area contributed by atoms with Crippen LogP contribution in [0.25, 0.3) is 0 Å². The lowest BCUT2D eigenvalue weighted by molar-refractivity contribution is 0.112. The van der Waals surface area contributed by atoms with Gasteiger partial charge in [-0.05, 0) is 30.0 Å². The maximum Gasteiger partial charge on any atom is 0.150 e. The lowest BCUT2D eigenvalue weighted by atomic mass is 9.97. The van der Waals surface area contributed by atoms with Crippen molar-refractivity contribution in [2.24, 2.45) is 0 Å². The molecule has 0 N–H and O–H groups in total. The lowest BCUT2D eigenvalue weighted by Gasteiger charge is -2.15.